The number of nitrogens with one attached hydrogen (secondary N) is 1. The van der Waals surface area contributed by atoms with Gasteiger partial charge in [-0.1, -0.05) is 18.2 Å². The van der Waals surface area contributed by atoms with Gasteiger partial charge in [0.1, 0.15) is 4.88 Å². The number of benzene rings is 1. The number of aryl methyl sites for hydroxylation is 1. The van der Waals surface area contributed by atoms with Gasteiger partial charge in [0.15, 0.2) is 6.61 Å². The zero-order chi connectivity index (χ0) is 14.8. The summed E-state index contributed by atoms with van der Waals surface area (Å²) in [5.41, 5.74) is 2.30. The molecule has 0 unspecified atom stereocenters. The molecular formula is C16H13NO3S. The van der Waals surface area contributed by atoms with E-state index in [1.165, 1.54) is 11.3 Å². The topological polar surface area (TPSA) is 59.2 Å². The Morgan fingerprint density at radius 3 is 2.81 bits per heavy atom. The highest BCUT2D eigenvalue weighted by molar-refractivity contribution is 7.12. The summed E-state index contributed by atoms with van der Waals surface area (Å²) < 4.78 is 5.11. The van der Waals surface area contributed by atoms with Crippen LogP contribution in [0.3, 0.4) is 0 Å². The Bertz CT molecular complexity index is 816. The van der Waals surface area contributed by atoms with Crippen LogP contribution >= 0.6 is 11.3 Å². The molecule has 5 heteroatoms. The lowest BCUT2D eigenvalue weighted by Crippen LogP contribution is -2.13. The molecule has 0 aliphatic heterocycles. The summed E-state index contributed by atoms with van der Waals surface area (Å²) in [5.74, 6) is -0.661. The summed E-state index contributed by atoms with van der Waals surface area (Å²) in [6, 6.07) is 9.38. The van der Waals surface area contributed by atoms with Gasteiger partial charge in [-0.25, -0.2) is 4.79 Å². The number of Topliss-reactive ketones (excluding diaryl/α,β-unsaturated/α-hetero) is 1. The first-order valence-corrected chi connectivity index (χ1v) is 7.35. The highest BCUT2D eigenvalue weighted by Crippen LogP contribution is 2.19. The first-order chi connectivity index (χ1) is 10.2. The summed E-state index contributed by atoms with van der Waals surface area (Å²) in [7, 11) is 0. The molecular weight excluding hydrogens is 286 g/mol. The summed E-state index contributed by atoms with van der Waals surface area (Å²) >= 11 is 1.32. The van der Waals surface area contributed by atoms with Gasteiger partial charge in [-0.3, -0.25) is 4.79 Å². The Balaban J connectivity index is 1.72. The van der Waals surface area contributed by atoms with Crippen molar-refractivity contribution in [2.24, 2.45) is 0 Å². The van der Waals surface area contributed by atoms with E-state index >= 15 is 0 Å². The van der Waals surface area contributed by atoms with Gasteiger partial charge in [-0.05, 0) is 30.0 Å². The van der Waals surface area contributed by atoms with E-state index in [0.29, 0.717) is 10.4 Å². The number of hydrogen-bond donors (Lipinski definition) is 1. The molecule has 21 heavy (non-hydrogen) atoms. The number of rotatable bonds is 4. The Morgan fingerprint density at radius 1 is 1.24 bits per heavy atom. The van der Waals surface area contributed by atoms with Crippen molar-refractivity contribution >= 4 is 34.0 Å². The van der Waals surface area contributed by atoms with Gasteiger partial charge in [-0.2, -0.15) is 0 Å². The molecule has 2 aromatic heterocycles. The second-order valence-electron chi connectivity index (χ2n) is 4.68. The Hall–Kier alpha value is -2.40. The van der Waals surface area contributed by atoms with Crippen molar-refractivity contribution in [1.29, 1.82) is 0 Å². The van der Waals surface area contributed by atoms with Gasteiger partial charge >= 0.3 is 5.97 Å². The smallest absolute Gasteiger partial charge is 0.349 e. The maximum Gasteiger partial charge on any atom is 0.349 e. The quantitative estimate of drug-likeness (QED) is 0.591. The number of carbonyl (C=O) groups is 2. The minimum absolute atomic E-state index is 0.213. The van der Waals surface area contributed by atoms with E-state index in [-0.39, 0.29) is 12.4 Å². The molecule has 106 valence electrons. The van der Waals surface area contributed by atoms with Crippen molar-refractivity contribution in [2.45, 2.75) is 6.92 Å². The molecule has 2 heterocycles. The molecule has 0 aliphatic carbocycles. The second-order valence-corrected chi connectivity index (χ2v) is 5.60. The van der Waals surface area contributed by atoms with Crippen LogP contribution in [0.5, 0.6) is 0 Å². The highest BCUT2D eigenvalue weighted by Gasteiger charge is 2.16. The van der Waals surface area contributed by atoms with Gasteiger partial charge in [-0.15, -0.1) is 11.3 Å². The van der Waals surface area contributed by atoms with E-state index in [1.54, 1.807) is 6.20 Å². The SMILES string of the molecule is Cc1ccsc1C(=O)OCC(=O)c1c[nH]c2ccccc12. The Morgan fingerprint density at radius 2 is 2.05 bits per heavy atom. The molecule has 3 aromatic rings. The van der Waals surface area contributed by atoms with Gasteiger partial charge in [0.05, 0.1) is 0 Å². The number of ether oxygens (including phenoxy) is 1. The number of esters is 1. The fourth-order valence-electron chi connectivity index (χ4n) is 2.16. The van der Waals surface area contributed by atoms with Gasteiger partial charge in [0.2, 0.25) is 5.78 Å². The molecule has 1 N–H and O–H groups in total. The van der Waals surface area contributed by atoms with E-state index in [4.69, 9.17) is 4.74 Å². The predicted octanol–water partition coefficient (Wildman–Crippen LogP) is 3.58. The summed E-state index contributed by atoms with van der Waals surface area (Å²) in [6.07, 6.45) is 1.65. The zero-order valence-corrected chi connectivity index (χ0v) is 12.2. The molecule has 0 fully saturated rings. The van der Waals surface area contributed by atoms with Crippen LogP contribution in [0.4, 0.5) is 0 Å². The number of H-pyrrole nitrogens is 1. The zero-order valence-electron chi connectivity index (χ0n) is 11.4. The molecule has 0 bridgehead atoms. The monoisotopic (exact) mass is 299 g/mol. The fourth-order valence-corrected chi connectivity index (χ4v) is 2.98. The fraction of sp³-hybridized carbons (Fsp3) is 0.125. The van der Waals surface area contributed by atoms with Gasteiger partial charge in [0.25, 0.3) is 0 Å². The van der Waals surface area contributed by atoms with Crippen molar-refractivity contribution in [1.82, 2.24) is 4.98 Å². The number of ketones is 1. The number of thiophene rings is 1. The van der Waals surface area contributed by atoms with Crippen LogP contribution in [0.15, 0.2) is 41.9 Å². The summed E-state index contributed by atoms with van der Waals surface area (Å²) in [4.78, 5) is 27.7. The lowest BCUT2D eigenvalue weighted by Gasteiger charge is -2.03. The number of para-hydroxylation sites is 1. The van der Waals surface area contributed by atoms with Gasteiger partial charge < -0.3 is 9.72 Å². The molecule has 0 saturated heterocycles. The average molecular weight is 299 g/mol. The number of fused-ring (bicyclic) bond motifs is 1. The molecule has 1 aromatic carbocycles. The van der Waals surface area contributed by atoms with Crippen molar-refractivity contribution in [2.75, 3.05) is 6.61 Å². The highest BCUT2D eigenvalue weighted by atomic mass is 32.1. The molecule has 0 saturated carbocycles. The lowest BCUT2D eigenvalue weighted by atomic mass is 10.1. The average Bonchev–Trinajstić information content (AvgIpc) is 3.10. The Labute approximate surface area is 125 Å². The molecule has 4 nitrogen and oxygen atoms in total. The van der Waals surface area contributed by atoms with Gasteiger partial charge in [0, 0.05) is 22.7 Å². The van der Waals surface area contributed by atoms with Crippen LogP contribution in [0.1, 0.15) is 25.6 Å². The summed E-state index contributed by atoms with van der Waals surface area (Å²) in [5, 5.41) is 2.67. The van der Waals surface area contributed by atoms with Crippen LogP contribution in [-0.2, 0) is 4.74 Å². The predicted molar refractivity (Wildman–Crippen MR) is 82.0 cm³/mol. The largest absolute Gasteiger partial charge is 0.453 e. The molecule has 0 aliphatic rings. The normalized spacial score (nSPS) is 10.7. The van der Waals surface area contributed by atoms with Crippen molar-refractivity contribution in [3.63, 3.8) is 0 Å². The molecule has 3 rings (SSSR count). The standard InChI is InChI=1S/C16H13NO3S/c1-10-6-7-21-15(10)16(19)20-9-14(18)12-8-17-13-5-3-2-4-11(12)13/h2-8,17H,9H2,1H3. The maximum absolute atomic E-state index is 12.2. The van der Waals surface area contributed by atoms with E-state index in [1.807, 2.05) is 42.6 Å². The van der Waals surface area contributed by atoms with E-state index in [2.05, 4.69) is 4.98 Å². The van der Waals surface area contributed by atoms with Crippen LogP contribution in [0, 0.1) is 6.92 Å². The van der Waals surface area contributed by atoms with Crippen LogP contribution in [0.25, 0.3) is 10.9 Å². The number of carbonyl (C=O) groups excluding carboxylic acids is 2. The third kappa shape index (κ3) is 2.60. The third-order valence-corrected chi connectivity index (χ3v) is 4.27. The van der Waals surface area contributed by atoms with E-state index in [9.17, 15) is 9.59 Å². The number of hydrogen-bond acceptors (Lipinski definition) is 4. The van der Waals surface area contributed by atoms with E-state index < -0.39 is 5.97 Å². The maximum atomic E-state index is 12.2. The Kier molecular flexibility index (Phi) is 3.58. The van der Waals surface area contributed by atoms with E-state index in [0.717, 1.165) is 16.5 Å². The molecule has 0 spiro atoms. The third-order valence-electron chi connectivity index (χ3n) is 3.27. The number of aromatic amines is 1. The molecule has 0 amide bonds. The van der Waals surface area contributed by atoms with Crippen LogP contribution in [0.2, 0.25) is 0 Å². The first-order valence-electron chi connectivity index (χ1n) is 6.47. The lowest BCUT2D eigenvalue weighted by molar-refractivity contribution is 0.0479. The van der Waals surface area contributed by atoms with Crippen molar-refractivity contribution in [3.8, 4) is 0 Å². The summed E-state index contributed by atoms with van der Waals surface area (Å²) in [6.45, 7) is 1.59. The minimum Gasteiger partial charge on any atom is -0.453 e. The first kappa shape index (κ1) is 13.6. The second kappa shape index (κ2) is 5.54. The number of aromatic nitrogens is 1. The van der Waals surface area contributed by atoms with Crippen molar-refractivity contribution < 1.29 is 14.3 Å². The molecule has 0 atom stereocenters. The van der Waals surface area contributed by atoms with Crippen LogP contribution in [-0.4, -0.2) is 23.3 Å². The van der Waals surface area contributed by atoms with Crippen LogP contribution < -0.4 is 0 Å². The molecule has 0 radical (unpaired) electrons. The van der Waals surface area contributed by atoms with Crippen molar-refractivity contribution in [3.05, 3.63) is 57.9 Å². The minimum atomic E-state index is -0.448.